The predicted octanol–water partition coefficient (Wildman–Crippen LogP) is 1.99. The zero-order valence-corrected chi connectivity index (χ0v) is 7.61. The number of hydrogen-bond donors (Lipinski definition) is 1. The van der Waals surface area contributed by atoms with Crippen molar-refractivity contribution in [2.45, 2.75) is 7.43 Å². The third-order valence-corrected chi connectivity index (χ3v) is 4.16. The minimum absolute atomic E-state index is 0. The Morgan fingerprint density at radius 3 is 2.67 bits per heavy atom. The van der Waals surface area contributed by atoms with Gasteiger partial charge in [-0.3, -0.25) is 0 Å². The fraction of sp³-hybridized carbons (Fsp3) is 0.125. The predicted molar refractivity (Wildman–Crippen MR) is 53.5 cm³/mol. The van der Waals surface area contributed by atoms with E-state index in [-0.39, 0.29) is 13.4 Å². The second-order valence-electron chi connectivity index (χ2n) is 2.08. The van der Waals surface area contributed by atoms with Crippen molar-refractivity contribution < 1.29 is 11.3 Å². The molecule has 0 atom stereocenters. The molecule has 3 nitrogen and oxygen atoms in total. The van der Waals surface area contributed by atoms with Crippen molar-refractivity contribution in [1.82, 2.24) is 0 Å². The summed E-state index contributed by atoms with van der Waals surface area (Å²) in [5.41, 5.74) is 0.528. The van der Waals surface area contributed by atoms with Crippen molar-refractivity contribution in [2.75, 3.05) is 0 Å². The Morgan fingerprint density at radius 1 is 1.33 bits per heavy atom. The summed E-state index contributed by atoms with van der Waals surface area (Å²) in [5, 5.41) is 0. The monoisotopic (exact) mass is 280 g/mol. The van der Waals surface area contributed by atoms with Crippen LogP contribution in [0.4, 0.5) is 0 Å². The molecule has 0 bridgehead atoms. The van der Waals surface area contributed by atoms with Crippen LogP contribution in [-0.2, 0) is 3.07 Å². The number of rotatable bonds is 0. The number of carbonyl (C=O) groups excluding carboxylic acids is 1. The third kappa shape index (κ3) is 1.32. The van der Waals surface area contributed by atoms with E-state index in [4.69, 9.17) is 3.07 Å². The fourth-order valence-electron chi connectivity index (χ4n) is 0.917. The van der Waals surface area contributed by atoms with Gasteiger partial charge in [0.25, 0.3) is 0 Å². The van der Waals surface area contributed by atoms with Crippen LogP contribution < -0.4 is 0 Å². The average Bonchev–Trinajstić information content (AvgIpc) is 2.30. The Bertz CT molecular complexity index is 311. The first kappa shape index (κ1) is 9.47. The molecule has 0 amide bonds. The maximum atomic E-state index is 10.9. The quantitative estimate of drug-likeness (QED) is 0.739. The number of benzene rings is 1. The maximum absolute atomic E-state index is 10.9. The number of halogens is 1. The topological polar surface area (TPSA) is 46.5 Å². The summed E-state index contributed by atoms with van der Waals surface area (Å²) < 4.78 is 14.7. The average molecular weight is 280 g/mol. The minimum atomic E-state index is -2.52. The first-order valence-corrected chi connectivity index (χ1v) is 5.92. The molecule has 4 heteroatoms. The standard InChI is InChI=1S/C7H5IO3.CH4/c9-7-5-3-1-2-4-6(5)8(10)11-7;/h1-4,10H;1H4. The van der Waals surface area contributed by atoms with Gasteiger partial charge < -0.3 is 0 Å². The van der Waals surface area contributed by atoms with Gasteiger partial charge in [-0.05, 0) is 0 Å². The molecule has 12 heavy (non-hydrogen) atoms. The number of carbonyl (C=O) groups is 1. The van der Waals surface area contributed by atoms with Gasteiger partial charge >= 0.3 is 71.3 Å². The molecule has 1 N–H and O–H groups in total. The van der Waals surface area contributed by atoms with Crippen LogP contribution in [-0.4, -0.2) is 9.41 Å². The Kier molecular flexibility index (Phi) is 2.69. The molecule has 66 valence electrons. The van der Waals surface area contributed by atoms with Crippen LogP contribution >= 0.6 is 20.6 Å². The number of fused-ring (bicyclic) bond motifs is 1. The van der Waals surface area contributed by atoms with Crippen LogP contribution in [0.1, 0.15) is 17.8 Å². The zero-order chi connectivity index (χ0) is 7.84. The molecule has 1 aliphatic rings. The summed E-state index contributed by atoms with van der Waals surface area (Å²) in [7, 11) is 0. The van der Waals surface area contributed by atoms with E-state index < -0.39 is 20.6 Å². The second kappa shape index (κ2) is 3.40. The van der Waals surface area contributed by atoms with E-state index in [0.717, 1.165) is 0 Å². The Morgan fingerprint density at radius 2 is 2.00 bits per heavy atom. The van der Waals surface area contributed by atoms with Crippen LogP contribution in [0.2, 0.25) is 0 Å². The van der Waals surface area contributed by atoms with Gasteiger partial charge in [-0.25, -0.2) is 0 Å². The molecular formula is C8H9IO3. The van der Waals surface area contributed by atoms with Gasteiger partial charge in [-0.2, -0.15) is 0 Å². The molecule has 0 unspecified atom stereocenters. The second-order valence-corrected chi connectivity index (χ2v) is 4.99. The first-order chi connectivity index (χ1) is 5.29. The molecule has 1 aliphatic heterocycles. The van der Waals surface area contributed by atoms with Crippen molar-refractivity contribution in [3.05, 3.63) is 33.4 Å². The molecule has 0 saturated heterocycles. The normalized spacial score (nSPS) is 16.4. The summed E-state index contributed by atoms with van der Waals surface area (Å²) in [5.74, 6) is -0.381. The van der Waals surface area contributed by atoms with Gasteiger partial charge in [0.15, 0.2) is 0 Å². The summed E-state index contributed by atoms with van der Waals surface area (Å²) in [6.07, 6.45) is 0. The van der Waals surface area contributed by atoms with Crippen LogP contribution in [0.5, 0.6) is 0 Å². The number of hydrogen-bond acceptors (Lipinski definition) is 3. The molecule has 1 aromatic carbocycles. The van der Waals surface area contributed by atoms with E-state index in [0.29, 0.717) is 9.13 Å². The van der Waals surface area contributed by atoms with Crippen molar-refractivity contribution >= 4 is 26.6 Å². The van der Waals surface area contributed by atoms with E-state index in [1.54, 1.807) is 24.3 Å². The van der Waals surface area contributed by atoms with Gasteiger partial charge in [-0.1, -0.05) is 7.43 Å². The first-order valence-electron chi connectivity index (χ1n) is 3.00. The Hall–Kier alpha value is -0.620. The molecule has 1 heterocycles. The molecule has 0 aromatic heterocycles. The zero-order valence-electron chi connectivity index (χ0n) is 5.45. The van der Waals surface area contributed by atoms with E-state index in [1.807, 2.05) is 0 Å². The summed E-state index contributed by atoms with van der Waals surface area (Å²) in [4.78, 5) is 10.9. The SMILES string of the molecule is C.O=C1OI(O)c2ccccc21. The van der Waals surface area contributed by atoms with Gasteiger partial charge in [0.05, 0.1) is 0 Å². The molecule has 0 spiro atoms. The van der Waals surface area contributed by atoms with E-state index >= 15 is 0 Å². The van der Waals surface area contributed by atoms with Crippen molar-refractivity contribution in [3.8, 4) is 0 Å². The molecular weight excluding hydrogens is 271 g/mol. The van der Waals surface area contributed by atoms with E-state index in [9.17, 15) is 8.23 Å². The third-order valence-electron chi connectivity index (χ3n) is 1.41. The van der Waals surface area contributed by atoms with Crippen molar-refractivity contribution in [1.29, 1.82) is 0 Å². The Labute approximate surface area is 78.8 Å². The fourth-order valence-corrected chi connectivity index (χ4v) is 3.18. The molecule has 0 fully saturated rings. The van der Waals surface area contributed by atoms with Crippen LogP contribution in [0.3, 0.4) is 0 Å². The van der Waals surface area contributed by atoms with Crippen molar-refractivity contribution in [2.24, 2.45) is 0 Å². The van der Waals surface area contributed by atoms with Gasteiger partial charge in [0.2, 0.25) is 0 Å². The molecule has 2 rings (SSSR count). The molecule has 0 radical (unpaired) electrons. The summed E-state index contributed by atoms with van der Waals surface area (Å²) in [6.45, 7) is 0. The van der Waals surface area contributed by atoms with Crippen LogP contribution in [0, 0.1) is 3.57 Å². The van der Waals surface area contributed by atoms with Gasteiger partial charge in [-0.15, -0.1) is 0 Å². The van der Waals surface area contributed by atoms with Gasteiger partial charge in [0.1, 0.15) is 0 Å². The molecule has 0 aliphatic carbocycles. The Balaban J connectivity index is 0.000000720. The summed E-state index contributed by atoms with van der Waals surface area (Å²) >= 11 is -2.52. The van der Waals surface area contributed by atoms with E-state index in [2.05, 4.69) is 0 Å². The summed E-state index contributed by atoms with van der Waals surface area (Å²) in [6, 6.07) is 6.97. The van der Waals surface area contributed by atoms with Crippen LogP contribution in [0.25, 0.3) is 0 Å². The van der Waals surface area contributed by atoms with Crippen molar-refractivity contribution in [3.63, 3.8) is 0 Å². The van der Waals surface area contributed by atoms with E-state index in [1.165, 1.54) is 0 Å². The van der Waals surface area contributed by atoms with Gasteiger partial charge in [0, 0.05) is 0 Å². The molecule has 1 aromatic rings. The van der Waals surface area contributed by atoms with Crippen LogP contribution in [0.15, 0.2) is 24.3 Å². The molecule has 0 saturated carbocycles.